The molecule has 1 unspecified atom stereocenters. The van der Waals surface area contributed by atoms with Gasteiger partial charge in [0.2, 0.25) is 5.91 Å². The molecule has 1 amide bonds. The quantitative estimate of drug-likeness (QED) is 0.827. The Morgan fingerprint density at radius 1 is 1.53 bits per heavy atom. The lowest BCUT2D eigenvalue weighted by atomic mass is 10.0. The summed E-state index contributed by atoms with van der Waals surface area (Å²) in [7, 11) is 0. The van der Waals surface area contributed by atoms with Gasteiger partial charge in [-0.2, -0.15) is 0 Å². The Balaban J connectivity index is 0.00000144. The summed E-state index contributed by atoms with van der Waals surface area (Å²) in [5.41, 5.74) is 0. The lowest BCUT2D eigenvalue weighted by Gasteiger charge is -2.34. The van der Waals surface area contributed by atoms with Crippen molar-refractivity contribution in [2.24, 2.45) is 5.92 Å². The molecule has 2 heterocycles. The van der Waals surface area contributed by atoms with E-state index < -0.39 is 0 Å². The van der Waals surface area contributed by atoms with Crippen molar-refractivity contribution in [3.05, 3.63) is 0 Å². The number of amides is 1. The van der Waals surface area contributed by atoms with Crippen molar-refractivity contribution in [3.8, 4) is 0 Å². The molecular formula is C12H23ClN2O2. The molecule has 2 aliphatic heterocycles. The third-order valence-electron chi connectivity index (χ3n) is 3.61. The van der Waals surface area contributed by atoms with Crippen molar-refractivity contribution in [1.29, 1.82) is 0 Å². The number of hydrogen-bond donors (Lipinski definition) is 1. The van der Waals surface area contributed by atoms with Gasteiger partial charge in [-0.15, -0.1) is 12.4 Å². The summed E-state index contributed by atoms with van der Waals surface area (Å²) >= 11 is 0. The van der Waals surface area contributed by atoms with Crippen molar-refractivity contribution >= 4 is 18.3 Å². The first-order chi connectivity index (χ1) is 7.77. The molecule has 0 aliphatic carbocycles. The smallest absolute Gasteiger partial charge is 0.222 e. The number of carbonyl (C=O) groups excluding carboxylic acids is 1. The maximum Gasteiger partial charge on any atom is 0.222 e. The van der Waals surface area contributed by atoms with E-state index in [1.54, 1.807) is 0 Å². The zero-order valence-electron chi connectivity index (χ0n) is 10.5. The second kappa shape index (κ2) is 7.19. The minimum atomic E-state index is 0. The average molecular weight is 263 g/mol. The Morgan fingerprint density at radius 2 is 2.35 bits per heavy atom. The molecule has 1 N–H and O–H groups in total. The fourth-order valence-electron chi connectivity index (χ4n) is 2.49. The van der Waals surface area contributed by atoms with E-state index in [0.717, 1.165) is 45.7 Å². The van der Waals surface area contributed by atoms with Gasteiger partial charge in [0.15, 0.2) is 0 Å². The van der Waals surface area contributed by atoms with Gasteiger partial charge in [0, 0.05) is 45.3 Å². The van der Waals surface area contributed by atoms with E-state index in [4.69, 9.17) is 4.74 Å². The maximum absolute atomic E-state index is 12.0. The van der Waals surface area contributed by atoms with Crippen molar-refractivity contribution < 1.29 is 9.53 Å². The Labute approximate surface area is 109 Å². The highest BCUT2D eigenvalue weighted by Gasteiger charge is 2.24. The van der Waals surface area contributed by atoms with Gasteiger partial charge in [-0.05, 0) is 25.7 Å². The van der Waals surface area contributed by atoms with Crippen LogP contribution in [0.2, 0.25) is 0 Å². The van der Waals surface area contributed by atoms with Crippen LogP contribution in [0.25, 0.3) is 0 Å². The molecule has 2 atom stereocenters. The predicted octanol–water partition coefficient (Wildman–Crippen LogP) is 1.05. The SMILES string of the molecule is C[C@@H]1CNCCN1C(=O)CCC1CCOC1.Cl. The van der Waals surface area contributed by atoms with Crippen LogP contribution in [-0.4, -0.2) is 49.7 Å². The molecule has 0 aromatic carbocycles. The van der Waals surface area contributed by atoms with Gasteiger partial charge in [-0.1, -0.05) is 0 Å². The van der Waals surface area contributed by atoms with Crippen molar-refractivity contribution in [3.63, 3.8) is 0 Å². The van der Waals surface area contributed by atoms with Crippen LogP contribution in [0, 0.1) is 5.92 Å². The van der Waals surface area contributed by atoms with Crippen LogP contribution in [0.4, 0.5) is 0 Å². The van der Waals surface area contributed by atoms with E-state index in [1.807, 2.05) is 4.90 Å². The molecule has 5 heteroatoms. The predicted molar refractivity (Wildman–Crippen MR) is 69.5 cm³/mol. The highest BCUT2D eigenvalue weighted by Crippen LogP contribution is 2.19. The lowest BCUT2D eigenvalue weighted by molar-refractivity contribution is -0.134. The standard InChI is InChI=1S/C12H22N2O2.ClH/c1-10-8-13-5-6-14(10)12(15)3-2-11-4-7-16-9-11;/h10-11,13H,2-9H2,1H3;1H/t10-,11?;/m1./s1. The van der Waals surface area contributed by atoms with E-state index in [1.165, 1.54) is 0 Å². The second-order valence-corrected chi connectivity index (χ2v) is 4.91. The molecule has 100 valence electrons. The lowest BCUT2D eigenvalue weighted by Crippen LogP contribution is -2.52. The van der Waals surface area contributed by atoms with Crippen LogP contribution in [0.15, 0.2) is 0 Å². The monoisotopic (exact) mass is 262 g/mol. The van der Waals surface area contributed by atoms with Gasteiger partial charge < -0.3 is 15.0 Å². The van der Waals surface area contributed by atoms with Crippen LogP contribution >= 0.6 is 12.4 Å². The van der Waals surface area contributed by atoms with E-state index in [-0.39, 0.29) is 12.4 Å². The van der Waals surface area contributed by atoms with Gasteiger partial charge in [-0.3, -0.25) is 4.79 Å². The van der Waals surface area contributed by atoms with Crippen molar-refractivity contribution in [2.45, 2.75) is 32.2 Å². The number of ether oxygens (including phenoxy) is 1. The Morgan fingerprint density at radius 3 is 3.00 bits per heavy atom. The van der Waals surface area contributed by atoms with E-state index in [0.29, 0.717) is 24.3 Å². The fourth-order valence-corrected chi connectivity index (χ4v) is 2.49. The largest absolute Gasteiger partial charge is 0.381 e. The zero-order valence-corrected chi connectivity index (χ0v) is 11.3. The molecule has 4 nitrogen and oxygen atoms in total. The van der Waals surface area contributed by atoms with Crippen molar-refractivity contribution in [1.82, 2.24) is 10.2 Å². The summed E-state index contributed by atoms with van der Waals surface area (Å²) in [5.74, 6) is 0.933. The highest BCUT2D eigenvalue weighted by atomic mass is 35.5. The first-order valence-electron chi connectivity index (χ1n) is 6.35. The number of carbonyl (C=O) groups is 1. The number of nitrogens with zero attached hydrogens (tertiary/aromatic N) is 1. The number of rotatable bonds is 3. The van der Waals surface area contributed by atoms with Gasteiger partial charge in [0.1, 0.15) is 0 Å². The topological polar surface area (TPSA) is 41.6 Å². The molecule has 17 heavy (non-hydrogen) atoms. The van der Waals surface area contributed by atoms with Gasteiger partial charge in [0.05, 0.1) is 0 Å². The summed E-state index contributed by atoms with van der Waals surface area (Å²) in [6, 6.07) is 0.348. The Bertz CT molecular complexity index is 245. The molecule has 0 saturated carbocycles. The minimum absolute atomic E-state index is 0. The van der Waals surface area contributed by atoms with E-state index >= 15 is 0 Å². The maximum atomic E-state index is 12.0. The van der Waals surface area contributed by atoms with Gasteiger partial charge >= 0.3 is 0 Å². The van der Waals surface area contributed by atoms with Crippen LogP contribution in [0.1, 0.15) is 26.2 Å². The van der Waals surface area contributed by atoms with Gasteiger partial charge in [-0.25, -0.2) is 0 Å². The molecule has 2 fully saturated rings. The molecule has 2 aliphatic rings. The summed E-state index contributed by atoms with van der Waals surface area (Å²) < 4.78 is 5.32. The molecule has 0 radical (unpaired) electrons. The second-order valence-electron chi connectivity index (χ2n) is 4.91. The van der Waals surface area contributed by atoms with Crippen molar-refractivity contribution in [2.75, 3.05) is 32.8 Å². The molecule has 0 aromatic heterocycles. The van der Waals surface area contributed by atoms with Crippen LogP contribution in [0.3, 0.4) is 0 Å². The van der Waals surface area contributed by atoms with Crippen LogP contribution in [-0.2, 0) is 9.53 Å². The molecule has 0 spiro atoms. The summed E-state index contributed by atoms with van der Waals surface area (Å²) in [5, 5.41) is 3.30. The van der Waals surface area contributed by atoms with E-state index in [9.17, 15) is 4.79 Å². The zero-order chi connectivity index (χ0) is 11.4. The number of piperazine rings is 1. The third-order valence-corrected chi connectivity index (χ3v) is 3.61. The molecule has 2 saturated heterocycles. The number of hydrogen-bond acceptors (Lipinski definition) is 3. The summed E-state index contributed by atoms with van der Waals surface area (Å²) in [4.78, 5) is 14.0. The molecular weight excluding hydrogens is 240 g/mol. The first kappa shape index (κ1) is 14.7. The van der Waals surface area contributed by atoms with Gasteiger partial charge in [0.25, 0.3) is 0 Å². The Hall–Kier alpha value is -0.320. The molecule has 0 bridgehead atoms. The minimum Gasteiger partial charge on any atom is -0.381 e. The molecule has 0 aromatic rings. The summed E-state index contributed by atoms with van der Waals surface area (Å²) in [6.07, 6.45) is 2.82. The fraction of sp³-hybridized carbons (Fsp3) is 0.917. The average Bonchev–Trinajstić information content (AvgIpc) is 2.79. The Kier molecular flexibility index (Phi) is 6.23. The third kappa shape index (κ3) is 4.12. The van der Waals surface area contributed by atoms with Crippen LogP contribution < -0.4 is 5.32 Å². The van der Waals surface area contributed by atoms with E-state index in [2.05, 4.69) is 12.2 Å². The number of nitrogens with one attached hydrogen (secondary N) is 1. The highest BCUT2D eigenvalue weighted by molar-refractivity contribution is 5.85. The normalized spacial score (nSPS) is 28.9. The number of halogens is 1. The first-order valence-corrected chi connectivity index (χ1v) is 6.35. The molecule has 2 rings (SSSR count). The van der Waals surface area contributed by atoms with Crippen LogP contribution in [0.5, 0.6) is 0 Å². The summed E-state index contributed by atoms with van der Waals surface area (Å²) in [6.45, 7) is 6.57.